The van der Waals surface area contributed by atoms with Crippen LogP contribution in [0.4, 0.5) is 5.69 Å². The topological polar surface area (TPSA) is 65.9 Å². The first-order valence-electron chi connectivity index (χ1n) is 8.60. The highest BCUT2D eigenvalue weighted by atomic mass is 16.7. The smallest absolute Gasteiger partial charge is 0.357 e. The summed E-state index contributed by atoms with van der Waals surface area (Å²) < 4.78 is 0. The third-order valence-electron chi connectivity index (χ3n) is 5.17. The monoisotopic (exact) mass is 339 g/mol. The number of nitrogens with zero attached hydrogens (tertiary/aromatic N) is 3. The van der Waals surface area contributed by atoms with Crippen LogP contribution >= 0.6 is 0 Å². The normalized spacial score (nSPS) is 23.3. The van der Waals surface area contributed by atoms with Crippen LogP contribution < -0.4 is 4.90 Å². The van der Waals surface area contributed by atoms with E-state index in [9.17, 15) is 9.90 Å². The predicted octanol–water partition coefficient (Wildman–Crippen LogP) is 2.60. The van der Waals surface area contributed by atoms with Crippen LogP contribution in [0.2, 0.25) is 0 Å². The van der Waals surface area contributed by atoms with Gasteiger partial charge in [-0.2, -0.15) is 0 Å². The molecule has 130 valence electrons. The van der Waals surface area contributed by atoms with Crippen LogP contribution in [-0.2, 0) is 4.84 Å². The molecule has 6 heteroatoms. The molecule has 2 aliphatic rings. The first-order chi connectivity index (χ1) is 12.2. The number of phenolic OH excluding ortho intramolecular Hbond substituents is 1. The van der Waals surface area contributed by atoms with Gasteiger partial charge in [0.05, 0.1) is 23.0 Å². The number of pyridine rings is 1. The lowest BCUT2D eigenvalue weighted by atomic mass is 9.96. The summed E-state index contributed by atoms with van der Waals surface area (Å²) in [6.45, 7) is 2.52. The van der Waals surface area contributed by atoms with E-state index in [-0.39, 0.29) is 17.3 Å². The van der Waals surface area contributed by atoms with Crippen LogP contribution in [0.1, 0.15) is 29.6 Å². The van der Waals surface area contributed by atoms with Crippen LogP contribution in [-0.4, -0.2) is 46.3 Å². The van der Waals surface area contributed by atoms with Crippen molar-refractivity contribution in [1.29, 1.82) is 0 Å². The summed E-state index contributed by atoms with van der Waals surface area (Å²) in [6, 6.07) is 10.2. The van der Waals surface area contributed by atoms with Crippen molar-refractivity contribution in [2.75, 3.05) is 24.5 Å². The van der Waals surface area contributed by atoms with Gasteiger partial charge in [-0.25, -0.2) is 4.79 Å². The maximum Gasteiger partial charge on any atom is 0.357 e. The average Bonchev–Trinajstić information content (AvgIpc) is 3.24. The van der Waals surface area contributed by atoms with E-state index in [4.69, 9.17) is 4.84 Å². The zero-order valence-electron chi connectivity index (χ0n) is 14.0. The molecule has 2 saturated heterocycles. The minimum Gasteiger partial charge on any atom is -0.508 e. The van der Waals surface area contributed by atoms with E-state index in [1.54, 1.807) is 18.3 Å². The third-order valence-corrected chi connectivity index (χ3v) is 5.17. The minimum atomic E-state index is -0.374. The fraction of sp³-hybridized carbons (Fsp3) is 0.368. The van der Waals surface area contributed by atoms with Gasteiger partial charge >= 0.3 is 5.97 Å². The number of anilines is 1. The second kappa shape index (κ2) is 6.37. The Bertz CT molecular complexity index is 750. The van der Waals surface area contributed by atoms with E-state index in [0.717, 1.165) is 44.6 Å². The van der Waals surface area contributed by atoms with Crippen molar-refractivity contribution in [2.24, 2.45) is 0 Å². The van der Waals surface area contributed by atoms with Crippen LogP contribution in [0, 0.1) is 0 Å². The van der Waals surface area contributed by atoms with Crippen LogP contribution in [0.25, 0.3) is 0 Å². The molecule has 0 saturated carbocycles. The van der Waals surface area contributed by atoms with E-state index in [0.29, 0.717) is 5.56 Å². The van der Waals surface area contributed by atoms with Crippen molar-refractivity contribution in [3.05, 3.63) is 54.4 Å². The number of aromatic nitrogens is 1. The van der Waals surface area contributed by atoms with Crippen molar-refractivity contribution in [3.8, 4) is 5.75 Å². The van der Waals surface area contributed by atoms with Gasteiger partial charge in [0, 0.05) is 25.8 Å². The number of hydrogen-bond donors (Lipinski definition) is 1. The number of carbonyl (C=O) groups is 1. The zero-order chi connectivity index (χ0) is 17.3. The molecule has 0 bridgehead atoms. The number of benzene rings is 1. The fourth-order valence-corrected chi connectivity index (χ4v) is 3.83. The Kier molecular flexibility index (Phi) is 4.05. The second-order valence-corrected chi connectivity index (χ2v) is 6.74. The van der Waals surface area contributed by atoms with Crippen molar-refractivity contribution in [1.82, 2.24) is 10.0 Å². The Morgan fingerprint density at radius 2 is 2.00 bits per heavy atom. The molecule has 3 heterocycles. The van der Waals surface area contributed by atoms with Gasteiger partial charge in [-0.1, -0.05) is 0 Å². The number of hydrogen-bond acceptors (Lipinski definition) is 6. The largest absolute Gasteiger partial charge is 0.508 e. The number of aromatic hydroxyl groups is 1. The molecule has 4 rings (SSSR count). The van der Waals surface area contributed by atoms with Crippen molar-refractivity contribution < 1.29 is 14.7 Å². The quantitative estimate of drug-likeness (QED) is 0.927. The molecular weight excluding hydrogens is 318 g/mol. The molecule has 2 fully saturated rings. The molecule has 1 atom stereocenters. The Morgan fingerprint density at radius 1 is 1.16 bits per heavy atom. The molecule has 6 nitrogen and oxygen atoms in total. The van der Waals surface area contributed by atoms with Crippen LogP contribution in [0.5, 0.6) is 5.75 Å². The Balaban J connectivity index is 1.47. The molecule has 1 unspecified atom stereocenters. The molecule has 2 aromatic rings. The van der Waals surface area contributed by atoms with E-state index < -0.39 is 0 Å². The number of phenols is 1. The first kappa shape index (κ1) is 15.9. The summed E-state index contributed by atoms with van der Waals surface area (Å²) in [4.78, 5) is 24.7. The van der Waals surface area contributed by atoms with Gasteiger partial charge in [-0.05, 0) is 55.7 Å². The summed E-state index contributed by atoms with van der Waals surface area (Å²) in [5, 5.41) is 11.2. The summed E-state index contributed by atoms with van der Waals surface area (Å²) >= 11 is 0. The lowest BCUT2D eigenvalue weighted by Crippen LogP contribution is -2.47. The van der Waals surface area contributed by atoms with Gasteiger partial charge in [0.1, 0.15) is 5.75 Å². The zero-order valence-corrected chi connectivity index (χ0v) is 14.0. The Hall–Kier alpha value is -2.60. The number of carbonyl (C=O) groups excluding carboxylic acids is 1. The molecule has 0 aliphatic carbocycles. The highest BCUT2D eigenvalue weighted by Crippen LogP contribution is 2.39. The molecule has 1 aromatic carbocycles. The van der Waals surface area contributed by atoms with Gasteiger partial charge in [0.25, 0.3) is 0 Å². The summed E-state index contributed by atoms with van der Waals surface area (Å²) in [6.07, 6.45) is 6.65. The second-order valence-electron chi connectivity index (χ2n) is 6.74. The van der Waals surface area contributed by atoms with Crippen molar-refractivity contribution in [3.63, 3.8) is 0 Å². The first-order valence-corrected chi connectivity index (χ1v) is 8.60. The van der Waals surface area contributed by atoms with Gasteiger partial charge in [-0.15, -0.1) is 5.06 Å². The summed E-state index contributed by atoms with van der Waals surface area (Å²) in [7, 11) is 0. The molecular formula is C19H21N3O3. The molecule has 1 aromatic heterocycles. The average molecular weight is 339 g/mol. The van der Waals surface area contributed by atoms with E-state index in [2.05, 4.69) is 16.0 Å². The molecule has 0 amide bonds. The van der Waals surface area contributed by atoms with Gasteiger partial charge < -0.3 is 14.8 Å². The molecule has 25 heavy (non-hydrogen) atoms. The predicted molar refractivity (Wildman–Crippen MR) is 93.3 cm³/mol. The molecule has 1 N–H and O–H groups in total. The Morgan fingerprint density at radius 3 is 2.76 bits per heavy atom. The number of rotatable bonds is 3. The maximum absolute atomic E-state index is 12.4. The standard InChI is InChI=1S/C19H21N3O3/c23-17-6-4-15(5-7-17)18(24)25-22-11-2-8-19(22)9-12-21(14-19)16-3-1-10-20-13-16/h1,3-7,10,13,23H,2,8-9,11-12,14H2. The van der Waals surface area contributed by atoms with Crippen LogP contribution in [0.15, 0.2) is 48.8 Å². The maximum atomic E-state index is 12.4. The molecule has 2 aliphatic heterocycles. The fourth-order valence-electron chi connectivity index (χ4n) is 3.83. The number of hydroxylamine groups is 2. The minimum absolute atomic E-state index is 0.123. The van der Waals surface area contributed by atoms with Crippen molar-refractivity contribution in [2.45, 2.75) is 24.8 Å². The van der Waals surface area contributed by atoms with E-state index in [1.165, 1.54) is 12.1 Å². The lowest BCUT2D eigenvalue weighted by Gasteiger charge is -2.33. The lowest BCUT2D eigenvalue weighted by molar-refractivity contribution is -0.150. The molecule has 0 radical (unpaired) electrons. The summed E-state index contributed by atoms with van der Waals surface area (Å²) in [5.41, 5.74) is 1.43. The summed E-state index contributed by atoms with van der Waals surface area (Å²) in [5.74, 6) is -0.238. The highest BCUT2D eigenvalue weighted by Gasteiger charge is 2.48. The van der Waals surface area contributed by atoms with Gasteiger partial charge in [0.2, 0.25) is 0 Å². The third kappa shape index (κ3) is 3.05. The SMILES string of the molecule is O=C(ON1CCCC12CCN(c1cccnc1)C2)c1ccc(O)cc1. The van der Waals surface area contributed by atoms with E-state index in [1.807, 2.05) is 17.3 Å². The van der Waals surface area contributed by atoms with E-state index >= 15 is 0 Å². The Labute approximate surface area is 146 Å². The van der Waals surface area contributed by atoms with Gasteiger partial charge in [-0.3, -0.25) is 4.98 Å². The highest BCUT2D eigenvalue weighted by molar-refractivity contribution is 5.89. The van der Waals surface area contributed by atoms with Gasteiger partial charge in [0.15, 0.2) is 0 Å². The van der Waals surface area contributed by atoms with Crippen molar-refractivity contribution >= 4 is 11.7 Å². The molecule has 1 spiro atoms. The van der Waals surface area contributed by atoms with Crippen LogP contribution in [0.3, 0.4) is 0 Å².